The molecule has 0 aromatic carbocycles. The van der Waals surface area contributed by atoms with Crippen molar-refractivity contribution in [1.82, 2.24) is 9.78 Å². The van der Waals surface area contributed by atoms with Crippen molar-refractivity contribution < 1.29 is 27.8 Å². The molecule has 0 aliphatic heterocycles. The summed E-state index contributed by atoms with van der Waals surface area (Å²) in [7, 11) is 0.936. The number of alkyl halides is 3. The lowest BCUT2D eigenvalue weighted by molar-refractivity contribution is -0.142. The average Bonchev–Trinajstić information content (AvgIpc) is 2.56. The van der Waals surface area contributed by atoms with Gasteiger partial charge in [-0.2, -0.15) is 18.3 Å². The van der Waals surface area contributed by atoms with Crippen LogP contribution in [-0.2, 0) is 17.5 Å². The standard InChI is InChI=1S/C8H10F3N3O3/c1-17-7(16)4-5(8(9,10)11)13-14(2-3-15)6(4)12/h15H,2-3,12H2,1H3. The maximum Gasteiger partial charge on any atom is 0.436 e. The molecule has 1 aromatic rings. The summed E-state index contributed by atoms with van der Waals surface area (Å²) in [6.45, 7) is -0.699. The topological polar surface area (TPSA) is 90.4 Å². The maximum absolute atomic E-state index is 12.6. The van der Waals surface area contributed by atoms with Crippen LogP contribution in [0.1, 0.15) is 16.1 Å². The summed E-state index contributed by atoms with van der Waals surface area (Å²) in [4.78, 5) is 11.2. The molecule has 0 saturated carbocycles. The lowest BCUT2D eigenvalue weighted by Gasteiger charge is -2.04. The van der Waals surface area contributed by atoms with E-state index in [4.69, 9.17) is 10.8 Å². The van der Waals surface area contributed by atoms with Gasteiger partial charge in [0.1, 0.15) is 11.4 Å². The number of rotatable bonds is 3. The van der Waals surface area contributed by atoms with Crippen LogP contribution in [0.5, 0.6) is 0 Å². The molecule has 17 heavy (non-hydrogen) atoms. The number of hydrogen-bond acceptors (Lipinski definition) is 5. The molecule has 0 bridgehead atoms. The molecular formula is C8H10F3N3O3. The van der Waals surface area contributed by atoms with Crippen molar-refractivity contribution >= 4 is 11.8 Å². The van der Waals surface area contributed by atoms with E-state index in [9.17, 15) is 18.0 Å². The monoisotopic (exact) mass is 253 g/mol. The normalized spacial score (nSPS) is 11.6. The van der Waals surface area contributed by atoms with Gasteiger partial charge in [0.25, 0.3) is 0 Å². The van der Waals surface area contributed by atoms with Gasteiger partial charge >= 0.3 is 12.1 Å². The zero-order valence-electron chi connectivity index (χ0n) is 8.78. The van der Waals surface area contributed by atoms with Gasteiger partial charge in [-0.15, -0.1) is 0 Å². The van der Waals surface area contributed by atoms with Crippen LogP contribution in [0.2, 0.25) is 0 Å². The fourth-order valence-corrected chi connectivity index (χ4v) is 1.24. The third-order valence-corrected chi connectivity index (χ3v) is 1.96. The van der Waals surface area contributed by atoms with E-state index in [1.807, 2.05) is 0 Å². The first kappa shape index (κ1) is 13.3. The van der Waals surface area contributed by atoms with E-state index >= 15 is 0 Å². The Bertz CT molecular complexity index is 428. The van der Waals surface area contributed by atoms with Crippen LogP contribution >= 0.6 is 0 Å². The maximum atomic E-state index is 12.6. The number of carbonyl (C=O) groups excluding carboxylic acids is 1. The van der Waals surface area contributed by atoms with Crippen molar-refractivity contribution in [2.24, 2.45) is 0 Å². The number of carbonyl (C=O) groups is 1. The van der Waals surface area contributed by atoms with E-state index in [1.165, 1.54) is 0 Å². The summed E-state index contributed by atoms with van der Waals surface area (Å²) in [5.41, 5.74) is 3.09. The summed E-state index contributed by atoms with van der Waals surface area (Å²) < 4.78 is 42.6. The molecule has 0 fully saturated rings. The number of halogens is 3. The second-order valence-corrected chi connectivity index (χ2v) is 3.04. The summed E-state index contributed by atoms with van der Waals surface area (Å²) in [6, 6.07) is 0. The Labute approximate surface area is 93.8 Å². The molecular weight excluding hydrogens is 243 g/mol. The molecule has 0 radical (unpaired) electrons. The van der Waals surface area contributed by atoms with Crippen LogP contribution in [0.15, 0.2) is 0 Å². The van der Waals surface area contributed by atoms with E-state index in [0.717, 1.165) is 7.11 Å². The van der Waals surface area contributed by atoms with Gasteiger partial charge in [-0.3, -0.25) is 0 Å². The summed E-state index contributed by atoms with van der Waals surface area (Å²) in [6.07, 6.45) is -4.82. The lowest BCUT2D eigenvalue weighted by atomic mass is 10.2. The Morgan fingerprint density at radius 1 is 1.59 bits per heavy atom. The van der Waals surface area contributed by atoms with Gasteiger partial charge in [0.05, 0.1) is 20.3 Å². The summed E-state index contributed by atoms with van der Waals surface area (Å²) in [5, 5.41) is 11.8. The smallest absolute Gasteiger partial charge is 0.436 e. The van der Waals surface area contributed by atoms with Crippen LogP contribution in [0.4, 0.5) is 19.0 Å². The van der Waals surface area contributed by atoms with Crippen LogP contribution in [-0.4, -0.2) is 34.6 Å². The summed E-state index contributed by atoms with van der Waals surface area (Å²) >= 11 is 0. The van der Waals surface area contributed by atoms with Gasteiger partial charge < -0.3 is 15.6 Å². The highest BCUT2D eigenvalue weighted by atomic mass is 19.4. The van der Waals surface area contributed by atoms with Crippen molar-refractivity contribution in [1.29, 1.82) is 0 Å². The van der Waals surface area contributed by atoms with Crippen LogP contribution in [0.25, 0.3) is 0 Å². The first-order valence-corrected chi connectivity index (χ1v) is 4.45. The number of nitrogen functional groups attached to an aromatic ring is 1. The molecule has 6 nitrogen and oxygen atoms in total. The number of ether oxygens (including phenoxy) is 1. The van der Waals surface area contributed by atoms with Gasteiger partial charge in [0, 0.05) is 0 Å². The lowest BCUT2D eigenvalue weighted by Crippen LogP contribution is -2.14. The quantitative estimate of drug-likeness (QED) is 0.754. The zero-order chi connectivity index (χ0) is 13.2. The number of esters is 1. The molecule has 0 saturated heterocycles. The molecule has 0 unspecified atom stereocenters. The first-order valence-electron chi connectivity index (χ1n) is 4.45. The van der Waals surface area contributed by atoms with Gasteiger partial charge in [-0.05, 0) is 0 Å². The van der Waals surface area contributed by atoms with Gasteiger partial charge in [-0.1, -0.05) is 0 Å². The van der Waals surface area contributed by atoms with Crippen LogP contribution < -0.4 is 5.73 Å². The van der Waals surface area contributed by atoms with Crippen molar-refractivity contribution in [3.05, 3.63) is 11.3 Å². The molecule has 0 atom stereocenters. The third kappa shape index (κ3) is 2.49. The molecule has 3 N–H and O–H groups in total. The zero-order valence-corrected chi connectivity index (χ0v) is 8.78. The van der Waals surface area contributed by atoms with Gasteiger partial charge in [0.2, 0.25) is 0 Å². The van der Waals surface area contributed by atoms with Gasteiger partial charge in [-0.25, -0.2) is 9.48 Å². The van der Waals surface area contributed by atoms with E-state index < -0.39 is 35.8 Å². The molecule has 1 heterocycles. The predicted octanol–water partition coefficient (Wildman–Crippen LogP) is 0.263. The fourth-order valence-electron chi connectivity index (χ4n) is 1.24. The van der Waals surface area contributed by atoms with E-state index in [-0.39, 0.29) is 6.54 Å². The highest BCUT2D eigenvalue weighted by molar-refractivity contribution is 5.95. The molecule has 0 aliphatic carbocycles. The van der Waals surface area contributed by atoms with E-state index in [0.29, 0.717) is 4.68 Å². The number of aliphatic hydroxyl groups excluding tert-OH is 1. The Kier molecular flexibility index (Phi) is 3.61. The van der Waals surface area contributed by atoms with Crippen molar-refractivity contribution in [2.45, 2.75) is 12.7 Å². The van der Waals surface area contributed by atoms with Crippen LogP contribution in [0.3, 0.4) is 0 Å². The second kappa shape index (κ2) is 4.62. The Morgan fingerprint density at radius 2 is 2.18 bits per heavy atom. The minimum atomic E-state index is -4.82. The Hall–Kier alpha value is -1.77. The second-order valence-electron chi connectivity index (χ2n) is 3.04. The number of anilines is 1. The van der Waals surface area contributed by atoms with Crippen molar-refractivity contribution in [2.75, 3.05) is 19.5 Å². The molecule has 1 rings (SSSR count). The van der Waals surface area contributed by atoms with E-state index in [1.54, 1.807) is 0 Å². The highest BCUT2D eigenvalue weighted by Crippen LogP contribution is 2.33. The van der Waals surface area contributed by atoms with Crippen molar-refractivity contribution in [3.63, 3.8) is 0 Å². The first-order chi connectivity index (χ1) is 7.82. The predicted molar refractivity (Wildman–Crippen MR) is 50.1 cm³/mol. The molecule has 1 aromatic heterocycles. The minimum Gasteiger partial charge on any atom is -0.465 e. The molecule has 96 valence electrons. The number of methoxy groups -OCH3 is 1. The average molecular weight is 253 g/mol. The van der Waals surface area contributed by atoms with Gasteiger partial charge in [0.15, 0.2) is 5.69 Å². The van der Waals surface area contributed by atoms with Crippen molar-refractivity contribution in [3.8, 4) is 0 Å². The molecule has 0 aliphatic rings. The fraction of sp³-hybridized carbons (Fsp3) is 0.500. The SMILES string of the molecule is COC(=O)c1c(C(F)(F)F)nn(CCO)c1N. The van der Waals surface area contributed by atoms with Crippen LogP contribution in [0, 0.1) is 0 Å². The number of aliphatic hydroxyl groups is 1. The number of nitrogens with zero attached hydrogens (tertiary/aromatic N) is 2. The number of nitrogens with two attached hydrogens (primary N) is 1. The largest absolute Gasteiger partial charge is 0.465 e. The van der Waals surface area contributed by atoms with E-state index in [2.05, 4.69) is 9.84 Å². The minimum absolute atomic E-state index is 0.244. The number of hydrogen-bond donors (Lipinski definition) is 2. The highest BCUT2D eigenvalue weighted by Gasteiger charge is 2.41. The Morgan fingerprint density at radius 3 is 2.59 bits per heavy atom. The molecule has 0 amide bonds. The Balaban J connectivity index is 3.37. The molecule has 0 spiro atoms. The number of aromatic nitrogens is 2. The molecule has 9 heteroatoms. The summed E-state index contributed by atoms with van der Waals surface area (Å²) in [5.74, 6) is -1.71. The third-order valence-electron chi connectivity index (χ3n) is 1.96.